The van der Waals surface area contributed by atoms with E-state index in [2.05, 4.69) is 21.0 Å². The van der Waals surface area contributed by atoms with E-state index in [1.807, 2.05) is 31.2 Å². The topological polar surface area (TPSA) is 104 Å². The van der Waals surface area contributed by atoms with Crippen LogP contribution in [-0.4, -0.2) is 37.9 Å². The van der Waals surface area contributed by atoms with Crippen molar-refractivity contribution in [1.82, 2.24) is 19.9 Å². The monoisotopic (exact) mass is 424 g/mol. The molecule has 3 aromatic rings. The molecule has 2 fully saturated rings. The van der Waals surface area contributed by atoms with Crippen LogP contribution < -0.4 is 16.0 Å². The van der Waals surface area contributed by atoms with E-state index in [-0.39, 0.29) is 12.3 Å². The average Bonchev–Trinajstić information content (AvgIpc) is 3.34. The maximum Gasteiger partial charge on any atom is 0.249 e. The minimum atomic E-state index is -0.853. The van der Waals surface area contributed by atoms with Crippen molar-refractivity contribution in [1.29, 1.82) is 0 Å². The molecule has 1 atom stereocenters. The highest BCUT2D eigenvalue weighted by Crippen LogP contribution is 2.29. The number of aliphatic hydroxyl groups excluding tert-OH is 1. The van der Waals surface area contributed by atoms with Gasteiger partial charge in [-0.2, -0.15) is 9.61 Å². The largest absolute Gasteiger partial charge is 0.373 e. The van der Waals surface area contributed by atoms with Gasteiger partial charge in [0.15, 0.2) is 5.65 Å². The molecule has 30 heavy (non-hydrogen) atoms. The van der Waals surface area contributed by atoms with Gasteiger partial charge in [-0.05, 0) is 43.5 Å². The van der Waals surface area contributed by atoms with Crippen LogP contribution in [0.25, 0.3) is 11.7 Å². The smallest absolute Gasteiger partial charge is 0.249 e. The third-order valence-electron chi connectivity index (χ3n) is 5.21. The van der Waals surface area contributed by atoms with Gasteiger partial charge in [0.1, 0.15) is 17.9 Å². The Balaban J connectivity index is 1.56. The molecule has 1 aromatic carbocycles. The Hall–Kier alpha value is -3.10. The van der Waals surface area contributed by atoms with Crippen LogP contribution in [0.4, 0.5) is 17.3 Å². The standard InChI is InChI=1S/C21H21ClN6O2/c1-11-2-3-15(8-16(11)22)24-17-9-18(25-14-4-5-14)28-20(26-17)13(10-23-28)6-12-7-19(29)27-21(12)30/h2-3,6,8-10,14,19,25,29H,4-5,7H2,1H3,(H,24,26)(H,27,30)/b12-6+. The average molecular weight is 425 g/mol. The number of fused-ring (bicyclic) bond motifs is 1. The third-order valence-corrected chi connectivity index (χ3v) is 5.61. The van der Waals surface area contributed by atoms with Crippen molar-refractivity contribution in [2.45, 2.75) is 38.5 Å². The number of carbonyl (C=O) groups excluding carboxylic acids is 1. The zero-order valence-electron chi connectivity index (χ0n) is 16.3. The number of rotatable bonds is 5. The Morgan fingerprint density at radius 1 is 1.33 bits per heavy atom. The first-order chi connectivity index (χ1) is 14.5. The Morgan fingerprint density at radius 3 is 2.87 bits per heavy atom. The van der Waals surface area contributed by atoms with E-state index in [9.17, 15) is 9.90 Å². The minimum absolute atomic E-state index is 0.253. The lowest BCUT2D eigenvalue weighted by molar-refractivity contribution is -0.117. The molecule has 1 saturated carbocycles. The number of carbonyl (C=O) groups is 1. The number of benzene rings is 1. The van der Waals surface area contributed by atoms with Gasteiger partial charge in [0.2, 0.25) is 5.91 Å². The second kappa shape index (κ2) is 7.30. The maximum atomic E-state index is 12.0. The first-order valence-electron chi connectivity index (χ1n) is 9.84. The molecule has 9 heteroatoms. The predicted molar refractivity (Wildman–Crippen MR) is 116 cm³/mol. The van der Waals surface area contributed by atoms with Crippen molar-refractivity contribution >= 4 is 46.6 Å². The summed E-state index contributed by atoms with van der Waals surface area (Å²) in [7, 11) is 0. The van der Waals surface area contributed by atoms with E-state index >= 15 is 0 Å². The SMILES string of the molecule is Cc1ccc(Nc2cc(NC3CC3)n3ncc(/C=C4\CC(O)NC4=O)c3n2)cc1Cl. The lowest BCUT2D eigenvalue weighted by atomic mass is 10.1. The molecular weight excluding hydrogens is 404 g/mol. The van der Waals surface area contributed by atoms with Crippen LogP contribution in [0.2, 0.25) is 5.02 Å². The second-order valence-corrected chi connectivity index (χ2v) is 8.14. The molecule has 0 spiro atoms. The van der Waals surface area contributed by atoms with Crippen LogP contribution in [0.15, 0.2) is 36.0 Å². The predicted octanol–water partition coefficient (Wildman–Crippen LogP) is 3.23. The van der Waals surface area contributed by atoms with Gasteiger partial charge in [0.25, 0.3) is 0 Å². The molecule has 0 radical (unpaired) electrons. The second-order valence-electron chi connectivity index (χ2n) is 7.73. The molecule has 0 bridgehead atoms. The number of amides is 1. The number of aliphatic hydroxyl groups is 1. The van der Waals surface area contributed by atoms with E-state index in [1.165, 1.54) is 0 Å². The van der Waals surface area contributed by atoms with E-state index < -0.39 is 6.23 Å². The highest BCUT2D eigenvalue weighted by atomic mass is 35.5. The van der Waals surface area contributed by atoms with Crippen molar-refractivity contribution in [2.24, 2.45) is 0 Å². The number of nitrogens with zero attached hydrogens (tertiary/aromatic N) is 3. The first kappa shape index (κ1) is 18.9. The number of aryl methyl sites for hydroxylation is 1. The molecule has 3 heterocycles. The molecule has 1 unspecified atom stereocenters. The van der Waals surface area contributed by atoms with Crippen molar-refractivity contribution in [3.63, 3.8) is 0 Å². The molecule has 5 rings (SSSR count). The van der Waals surface area contributed by atoms with Crippen molar-refractivity contribution in [2.75, 3.05) is 10.6 Å². The fraction of sp³-hybridized carbons (Fsp3) is 0.286. The van der Waals surface area contributed by atoms with E-state index in [0.717, 1.165) is 29.9 Å². The van der Waals surface area contributed by atoms with Gasteiger partial charge in [-0.1, -0.05) is 17.7 Å². The van der Waals surface area contributed by atoms with E-state index in [1.54, 1.807) is 16.8 Å². The highest BCUT2D eigenvalue weighted by Gasteiger charge is 2.26. The molecular formula is C21H21ClN6O2. The Bertz CT molecular complexity index is 1180. The minimum Gasteiger partial charge on any atom is -0.373 e. The summed E-state index contributed by atoms with van der Waals surface area (Å²) in [5.74, 6) is 1.19. The van der Waals surface area contributed by atoms with E-state index in [0.29, 0.717) is 33.7 Å². The van der Waals surface area contributed by atoms with Crippen LogP contribution >= 0.6 is 11.6 Å². The number of hydrogen-bond acceptors (Lipinski definition) is 6. The summed E-state index contributed by atoms with van der Waals surface area (Å²) in [5.41, 5.74) is 3.65. The van der Waals surface area contributed by atoms with Gasteiger partial charge in [0.05, 0.1) is 6.20 Å². The zero-order valence-corrected chi connectivity index (χ0v) is 17.1. The van der Waals surface area contributed by atoms with Crippen LogP contribution in [-0.2, 0) is 4.79 Å². The summed E-state index contributed by atoms with van der Waals surface area (Å²) in [6, 6.07) is 8.10. The zero-order chi connectivity index (χ0) is 20.8. The Morgan fingerprint density at radius 2 is 2.17 bits per heavy atom. The molecule has 2 aliphatic rings. The Labute approximate surface area is 178 Å². The summed E-state index contributed by atoms with van der Waals surface area (Å²) in [6.07, 6.45) is 5.05. The highest BCUT2D eigenvalue weighted by molar-refractivity contribution is 6.31. The van der Waals surface area contributed by atoms with Crippen LogP contribution in [0.3, 0.4) is 0 Å². The summed E-state index contributed by atoms with van der Waals surface area (Å²) < 4.78 is 1.74. The lowest BCUT2D eigenvalue weighted by Crippen LogP contribution is -2.24. The fourth-order valence-corrected chi connectivity index (χ4v) is 3.59. The molecule has 1 aliphatic heterocycles. The molecule has 1 amide bonds. The Kier molecular flexibility index (Phi) is 4.60. The molecule has 1 saturated heterocycles. The number of nitrogens with one attached hydrogen (secondary N) is 3. The number of anilines is 3. The van der Waals surface area contributed by atoms with Crippen molar-refractivity contribution in [3.8, 4) is 0 Å². The quantitative estimate of drug-likeness (QED) is 0.469. The first-order valence-corrected chi connectivity index (χ1v) is 10.2. The molecule has 4 N–H and O–H groups in total. The summed E-state index contributed by atoms with van der Waals surface area (Å²) >= 11 is 6.26. The molecule has 8 nitrogen and oxygen atoms in total. The van der Waals surface area contributed by atoms with Crippen LogP contribution in [0.5, 0.6) is 0 Å². The van der Waals surface area contributed by atoms with Gasteiger partial charge in [0, 0.05) is 40.4 Å². The summed E-state index contributed by atoms with van der Waals surface area (Å²) in [5, 5.41) is 24.1. The van der Waals surface area contributed by atoms with Gasteiger partial charge in [-0.15, -0.1) is 0 Å². The van der Waals surface area contributed by atoms with Gasteiger partial charge < -0.3 is 21.1 Å². The van der Waals surface area contributed by atoms with Gasteiger partial charge in [-0.25, -0.2) is 4.98 Å². The third kappa shape index (κ3) is 3.71. The van der Waals surface area contributed by atoms with E-state index in [4.69, 9.17) is 16.6 Å². The summed E-state index contributed by atoms with van der Waals surface area (Å²) in [4.78, 5) is 16.7. The van der Waals surface area contributed by atoms with Crippen LogP contribution in [0, 0.1) is 6.92 Å². The molecule has 1 aliphatic carbocycles. The maximum absolute atomic E-state index is 12.0. The number of aromatic nitrogens is 3. The number of hydrogen-bond donors (Lipinski definition) is 4. The molecule has 154 valence electrons. The fourth-order valence-electron chi connectivity index (χ4n) is 3.41. The van der Waals surface area contributed by atoms with Gasteiger partial charge in [-0.3, -0.25) is 4.79 Å². The van der Waals surface area contributed by atoms with Crippen molar-refractivity contribution in [3.05, 3.63) is 52.2 Å². The van der Waals surface area contributed by atoms with Crippen LogP contribution in [0.1, 0.15) is 30.4 Å². The lowest BCUT2D eigenvalue weighted by Gasteiger charge is -2.12. The van der Waals surface area contributed by atoms with Crippen molar-refractivity contribution < 1.29 is 9.90 Å². The summed E-state index contributed by atoms with van der Waals surface area (Å²) in [6.45, 7) is 1.95. The number of halogens is 1. The van der Waals surface area contributed by atoms with Gasteiger partial charge >= 0.3 is 0 Å². The molecule has 2 aromatic heterocycles. The normalized spacial score (nSPS) is 20.0.